The summed E-state index contributed by atoms with van der Waals surface area (Å²) in [4.78, 5) is 17.5. The standard InChI is InChI=1S/C18H11ClN2OS/c19-16-12-6-2-4-8-14(12)23-17(16)18(22)21-15-10-9-11-5-1-3-7-13(11)20-15/h1-10H,(H,20,21,22). The van der Waals surface area contributed by atoms with Crippen LogP contribution >= 0.6 is 22.9 Å². The van der Waals surface area contributed by atoms with E-state index in [2.05, 4.69) is 10.3 Å². The Morgan fingerprint density at radius 1 is 1.00 bits per heavy atom. The van der Waals surface area contributed by atoms with Crippen LogP contribution in [-0.4, -0.2) is 10.9 Å². The Labute approximate surface area is 141 Å². The Morgan fingerprint density at radius 2 is 1.78 bits per heavy atom. The zero-order valence-electron chi connectivity index (χ0n) is 11.9. The van der Waals surface area contributed by atoms with Gasteiger partial charge in [-0.3, -0.25) is 4.79 Å². The smallest absolute Gasteiger partial charge is 0.268 e. The van der Waals surface area contributed by atoms with E-state index in [9.17, 15) is 4.79 Å². The molecule has 0 unspecified atom stereocenters. The molecule has 4 aromatic rings. The third-order valence-electron chi connectivity index (χ3n) is 3.58. The lowest BCUT2D eigenvalue weighted by atomic mass is 10.2. The van der Waals surface area contributed by atoms with Crippen molar-refractivity contribution in [2.75, 3.05) is 5.32 Å². The average molecular weight is 339 g/mol. The zero-order chi connectivity index (χ0) is 15.8. The monoisotopic (exact) mass is 338 g/mol. The number of anilines is 1. The highest BCUT2D eigenvalue weighted by Crippen LogP contribution is 2.35. The number of para-hydroxylation sites is 1. The molecule has 0 radical (unpaired) electrons. The molecule has 0 aliphatic rings. The summed E-state index contributed by atoms with van der Waals surface area (Å²) in [6.07, 6.45) is 0. The van der Waals surface area contributed by atoms with Crippen LogP contribution < -0.4 is 5.32 Å². The Morgan fingerprint density at radius 3 is 2.65 bits per heavy atom. The van der Waals surface area contributed by atoms with Gasteiger partial charge in [0.05, 0.1) is 10.5 Å². The summed E-state index contributed by atoms with van der Waals surface area (Å²) in [5, 5.41) is 5.25. The fourth-order valence-corrected chi connectivity index (χ4v) is 3.88. The number of amides is 1. The minimum Gasteiger partial charge on any atom is -0.306 e. The van der Waals surface area contributed by atoms with Gasteiger partial charge in [0.15, 0.2) is 0 Å². The quantitative estimate of drug-likeness (QED) is 0.535. The van der Waals surface area contributed by atoms with Gasteiger partial charge in [0.2, 0.25) is 0 Å². The first-order chi connectivity index (χ1) is 11.2. The highest BCUT2D eigenvalue weighted by Gasteiger charge is 2.17. The predicted octanol–water partition coefficient (Wildman–Crippen LogP) is 5.36. The zero-order valence-corrected chi connectivity index (χ0v) is 13.5. The first kappa shape index (κ1) is 14.2. The molecule has 3 nitrogen and oxygen atoms in total. The van der Waals surface area contributed by atoms with Crippen molar-refractivity contribution in [1.29, 1.82) is 0 Å². The predicted molar refractivity (Wildman–Crippen MR) is 96.5 cm³/mol. The van der Waals surface area contributed by atoms with Crippen LogP contribution in [0.3, 0.4) is 0 Å². The molecule has 0 spiro atoms. The van der Waals surface area contributed by atoms with Crippen molar-refractivity contribution in [3.8, 4) is 0 Å². The van der Waals surface area contributed by atoms with Gasteiger partial charge < -0.3 is 5.32 Å². The SMILES string of the molecule is O=C(Nc1ccc2ccccc2n1)c1sc2ccccc2c1Cl. The van der Waals surface area contributed by atoms with E-state index in [4.69, 9.17) is 11.6 Å². The summed E-state index contributed by atoms with van der Waals surface area (Å²) in [6.45, 7) is 0. The third-order valence-corrected chi connectivity index (χ3v) is 5.26. The normalized spacial score (nSPS) is 11.0. The first-order valence-electron chi connectivity index (χ1n) is 7.06. The van der Waals surface area contributed by atoms with Gasteiger partial charge >= 0.3 is 0 Å². The van der Waals surface area contributed by atoms with E-state index in [1.807, 2.05) is 54.6 Å². The van der Waals surface area contributed by atoms with Gasteiger partial charge in [-0.05, 0) is 24.3 Å². The molecule has 4 rings (SSSR count). The van der Waals surface area contributed by atoms with Crippen LogP contribution in [0.5, 0.6) is 0 Å². The van der Waals surface area contributed by atoms with Crippen LogP contribution in [0.2, 0.25) is 5.02 Å². The number of fused-ring (bicyclic) bond motifs is 2. The molecule has 112 valence electrons. The average Bonchev–Trinajstić information content (AvgIpc) is 2.92. The van der Waals surface area contributed by atoms with Gasteiger partial charge in [-0.25, -0.2) is 4.98 Å². The topological polar surface area (TPSA) is 42.0 Å². The molecule has 2 heterocycles. The van der Waals surface area contributed by atoms with E-state index >= 15 is 0 Å². The number of aromatic nitrogens is 1. The number of thiophene rings is 1. The molecule has 0 aliphatic carbocycles. The Bertz CT molecular complexity index is 1040. The van der Waals surface area contributed by atoms with Crippen molar-refractivity contribution in [3.63, 3.8) is 0 Å². The number of halogens is 1. The second-order valence-corrected chi connectivity index (χ2v) is 6.51. The number of hydrogen-bond donors (Lipinski definition) is 1. The number of nitrogens with one attached hydrogen (secondary N) is 1. The molecule has 0 fully saturated rings. The second-order valence-electron chi connectivity index (χ2n) is 5.08. The van der Waals surface area contributed by atoms with Gasteiger partial charge in [-0.15, -0.1) is 11.3 Å². The van der Waals surface area contributed by atoms with Crippen molar-refractivity contribution < 1.29 is 4.79 Å². The fourth-order valence-electron chi connectivity index (χ4n) is 2.47. The molecule has 0 aliphatic heterocycles. The molecular weight excluding hydrogens is 328 g/mol. The number of pyridine rings is 1. The Kier molecular flexibility index (Phi) is 3.48. The number of carbonyl (C=O) groups excluding carboxylic acids is 1. The van der Waals surface area contributed by atoms with Crippen molar-refractivity contribution in [2.45, 2.75) is 0 Å². The molecule has 2 aromatic carbocycles. The van der Waals surface area contributed by atoms with Crippen LogP contribution in [0.1, 0.15) is 9.67 Å². The van der Waals surface area contributed by atoms with Gasteiger partial charge in [-0.2, -0.15) is 0 Å². The number of carbonyl (C=O) groups is 1. The summed E-state index contributed by atoms with van der Waals surface area (Å²) < 4.78 is 0.995. The minimum atomic E-state index is -0.237. The van der Waals surface area contributed by atoms with Gasteiger partial charge in [-0.1, -0.05) is 48.0 Å². The lowest BCUT2D eigenvalue weighted by Crippen LogP contribution is -2.11. The molecule has 23 heavy (non-hydrogen) atoms. The largest absolute Gasteiger partial charge is 0.306 e. The van der Waals surface area contributed by atoms with Crippen LogP contribution in [0.4, 0.5) is 5.82 Å². The number of rotatable bonds is 2. The summed E-state index contributed by atoms with van der Waals surface area (Å²) in [7, 11) is 0. The molecule has 1 amide bonds. The molecule has 0 saturated heterocycles. The summed E-state index contributed by atoms with van der Waals surface area (Å²) in [5.41, 5.74) is 0.840. The maximum atomic E-state index is 12.5. The molecule has 0 bridgehead atoms. The van der Waals surface area contributed by atoms with Crippen LogP contribution in [-0.2, 0) is 0 Å². The Hall–Kier alpha value is -2.43. The summed E-state index contributed by atoms with van der Waals surface area (Å²) in [5.74, 6) is 0.279. The Balaban J connectivity index is 1.69. The molecule has 1 N–H and O–H groups in total. The fraction of sp³-hybridized carbons (Fsp3) is 0. The highest BCUT2D eigenvalue weighted by atomic mass is 35.5. The van der Waals surface area contributed by atoms with Crippen molar-refractivity contribution >= 4 is 55.7 Å². The lowest BCUT2D eigenvalue weighted by molar-refractivity contribution is 0.103. The maximum absolute atomic E-state index is 12.5. The van der Waals surface area contributed by atoms with Gasteiger partial charge in [0.25, 0.3) is 5.91 Å². The molecular formula is C18H11ClN2OS. The summed E-state index contributed by atoms with van der Waals surface area (Å²) in [6, 6.07) is 19.2. The minimum absolute atomic E-state index is 0.237. The third kappa shape index (κ3) is 2.56. The summed E-state index contributed by atoms with van der Waals surface area (Å²) >= 11 is 7.73. The number of hydrogen-bond acceptors (Lipinski definition) is 3. The van der Waals surface area contributed by atoms with Crippen molar-refractivity contribution in [1.82, 2.24) is 4.98 Å². The van der Waals surface area contributed by atoms with Crippen molar-refractivity contribution in [2.24, 2.45) is 0 Å². The number of nitrogens with zero attached hydrogens (tertiary/aromatic N) is 1. The lowest BCUT2D eigenvalue weighted by Gasteiger charge is -2.04. The maximum Gasteiger partial charge on any atom is 0.268 e. The van der Waals surface area contributed by atoms with E-state index in [-0.39, 0.29) is 5.91 Å². The van der Waals surface area contributed by atoms with Gasteiger partial charge in [0, 0.05) is 15.5 Å². The first-order valence-corrected chi connectivity index (χ1v) is 8.26. The van der Waals surface area contributed by atoms with E-state index in [0.29, 0.717) is 15.7 Å². The van der Waals surface area contributed by atoms with Gasteiger partial charge in [0.1, 0.15) is 10.7 Å². The number of benzene rings is 2. The van der Waals surface area contributed by atoms with E-state index in [1.54, 1.807) is 6.07 Å². The molecule has 0 saturated carbocycles. The highest BCUT2D eigenvalue weighted by molar-refractivity contribution is 7.21. The van der Waals surface area contributed by atoms with Crippen LogP contribution in [0.15, 0.2) is 60.7 Å². The van der Waals surface area contributed by atoms with E-state index in [1.165, 1.54) is 11.3 Å². The van der Waals surface area contributed by atoms with Crippen LogP contribution in [0, 0.1) is 0 Å². The molecule has 2 aromatic heterocycles. The molecule has 0 atom stereocenters. The van der Waals surface area contributed by atoms with E-state index in [0.717, 1.165) is 21.0 Å². The second kappa shape index (κ2) is 5.65. The van der Waals surface area contributed by atoms with E-state index < -0.39 is 0 Å². The van der Waals surface area contributed by atoms with Crippen LogP contribution in [0.25, 0.3) is 21.0 Å². The van der Waals surface area contributed by atoms with Crippen molar-refractivity contribution in [3.05, 3.63) is 70.6 Å². The molecule has 5 heteroatoms.